The summed E-state index contributed by atoms with van der Waals surface area (Å²) in [5.74, 6) is 1.80. The summed E-state index contributed by atoms with van der Waals surface area (Å²) >= 11 is 6.30. The number of hydrogen-bond donors (Lipinski definition) is 1. The molecule has 2 aromatic heterocycles. The summed E-state index contributed by atoms with van der Waals surface area (Å²) in [6, 6.07) is 6.45. The molecule has 1 N–H and O–H groups in total. The lowest BCUT2D eigenvalue weighted by molar-refractivity contribution is 0.158. The average molecular weight is 424 g/mol. The number of aryl methyl sites for hydroxylation is 1. The second-order valence-electron chi connectivity index (χ2n) is 9.58. The molecule has 2 fully saturated rings. The van der Waals surface area contributed by atoms with Crippen molar-refractivity contribution >= 4 is 34.4 Å². The Morgan fingerprint density at radius 1 is 1.10 bits per heavy atom. The maximum Gasteiger partial charge on any atom is 0.209 e. The van der Waals surface area contributed by atoms with Gasteiger partial charge in [0.15, 0.2) is 5.65 Å². The topological polar surface area (TPSA) is 55.6 Å². The van der Waals surface area contributed by atoms with Gasteiger partial charge in [0.2, 0.25) is 5.95 Å². The van der Waals surface area contributed by atoms with Gasteiger partial charge in [-0.3, -0.25) is 4.57 Å². The number of imidazole rings is 1. The van der Waals surface area contributed by atoms with Crippen molar-refractivity contribution in [2.75, 3.05) is 5.32 Å². The van der Waals surface area contributed by atoms with E-state index in [-0.39, 0.29) is 0 Å². The fourth-order valence-electron chi connectivity index (χ4n) is 5.06. The van der Waals surface area contributed by atoms with E-state index < -0.39 is 0 Å². The number of aromatic nitrogens is 4. The van der Waals surface area contributed by atoms with Crippen LogP contribution in [0.3, 0.4) is 0 Å². The first-order valence-electron chi connectivity index (χ1n) is 11.3. The molecule has 30 heavy (non-hydrogen) atoms. The summed E-state index contributed by atoms with van der Waals surface area (Å²) < 4.78 is 2.33. The summed E-state index contributed by atoms with van der Waals surface area (Å²) in [6.45, 7) is 4.41. The van der Waals surface area contributed by atoms with Gasteiger partial charge >= 0.3 is 0 Å². The van der Waals surface area contributed by atoms with Crippen molar-refractivity contribution in [3.63, 3.8) is 0 Å². The minimum absolute atomic E-state index is 0.364. The van der Waals surface area contributed by atoms with Gasteiger partial charge in [0.25, 0.3) is 0 Å². The van der Waals surface area contributed by atoms with Crippen LogP contribution in [0, 0.1) is 12.3 Å². The van der Waals surface area contributed by atoms with Crippen LogP contribution in [0.5, 0.6) is 0 Å². The molecule has 0 amide bonds. The van der Waals surface area contributed by atoms with Crippen LogP contribution in [0.15, 0.2) is 24.4 Å². The molecule has 2 heterocycles. The highest BCUT2D eigenvalue weighted by Crippen LogP contribution is 2.43. The Balaban J connectivity index is 1.56. The smallest absolute Gasteiger partial charge is 0.209 e. The third-order valence-corrected chi connectivity index (χ3v) is 7.08. The van der Waals surface area contributed by atoms with E-state index in [1.165, 1.54) is 51.4 Å². The predicted octanol–water partition coefficient (Wildman–Crippen LogP) is 6.77. The Bertz CT molecular complexity index is 1040. The Morgan fingerprint density at radius 2 is 1.90 bits per heavy atom. The number of benzene rings is 1. The molecule has 5 nitrogen and oxygen atoms in total. The summed E-state index contributed by atoms with van der Waals surface area (Å²) in [6.07, 6.45) is 12.9. The number of rotatable bonds is 5. The van der Waals surface area contributed by atoms with E-state index in [4.69, 9.17) is 21.6 Å². The van der Waals surface area contributed by atoms with Crippen molar-refractivity contribution in [2.24, 2.45) is 5.41 Å². The van der Waals surface area contributed by atoms with E-state index in [1.54, 1.807) is 0 Å². The van der Waals surface area contributed by atoms with E-state index in [0.717, 1.165) is 45.6 Å². The van der Waals surface area contributed by atoms with Crippen LogP contribution in [0.25, 0.3) is 11.2 Å². The number of hydrogen-bond acceptors (Lipinski definition) is 4. The number of nitrogens with one attached hydrogen (secondary N) is 1. The Hall–Kier alpha value is -2.14. The largest absolute Gasteiger partial charge is 0.325 e. The zero-order valence-electron chi connectivity index (χ0n) is 17.9. The summed E-state index contributed by atoms with van der Waals surface area (Å²) in [5.41, 5.74) is 4.28. The molecule has 2 aliphatic rings. The minimum Gasteiger partial charge on any atom is -0.325 e. The zero-order valence-corrected chi connectivity index (χ0v) is 18.7. The quantitative estimate of drug-likeness (QED) is 0.491. The van der Waals surface area contributed by atoms with Crippen LogP contribution in [0.2, 0.25) is 5.02 Å². The first-order chi connectivity index (χ1) is 14.5. The molecule has 0 saturated heterocycles. The average Bonchev–Trinajstić information content (AvgIpc) is 3.03. The van der Waals surface area contributed by atoms with Crippen molar-refractivity contribution in [1.29, 1.82) is 0 Å². The van der Waals surface area contributed by atoms with Gasteiger partial charge in [0, 0.05) is 23.2 Å². The molecular weight excluding hydrogens is 394 g/mol. The summed E-state index contributed by atoms with van der Waals surface area (Å²) in [7, 11) is 0. The third-order valence-electron chi connectivity index (χ3n) is 6.87. The Labute approximate surface area is 183 Å². The van der Waals surface area contributed by atoms with Gasteiger partial charge in [-0.15, -0.1) is 0 Å². The minimum atomic E-state index is 0.364. The van der Waals surface area contributed by atoms with E-state index >= 15 is 0 Å². The predicted molar refractivity (Wildman–Crippen MR) is 123 cm³/mol. The fourth-order valence-corrected chi connectivity index (χ4v) is 5.35. The second kappa shape index (κ2) is 7.84. The highest BCUT2D eigenvalue weighted by atomic mass is 35.5. The Morgan fingerprint density at radius 3 is 2.60 bits per heavy atom. The van der Waals surface area contributed by atoms with Gasteiger partial charge < -0.3 is 5.32 Å². The Kier molecular flexibility index (Phi) is 5.18. The number of nitrogens with zero attached hydrogens (tertiary/aromatic N) is 4. The number of fused-ring (bicyclic) bond motifs is 1. The van der Waals surface area contributed by atoms with E-state index in [2.05, 4.69) is 34.8 Å². The number of halogens is 1. The molecule has 2 saturated carbocycles. The van der Waals surface area contributed by atoms with Gasteiger partial charge in [-0.25, -0.2) is 15.0 Å². The maximum absolute atomic E-state index is 6.30. The molecule has 2 aliphatic carbocycles. The monoisotopic (exact) mass is 423 g/mol. The maximum atomic E-state index is 6.30. The highest BCUT2D eigenvalue weighted by Gasteiger charge is 2.33. The first kappa shape index (κ1) is 19.8. The first-order valence-corrected chi connectivity index (χ1v) is 11.7. The lowest BCUT2D eigenvalue weighted by Crippen LogP contribution is -2.28. The van der Waals surface area contributed by atoms with Gasteiger partial charge in [-0.1, -0.05) is 44.2 Å². The molecule has 0 spiro atoms. The normalized spacial score (nSPS) is 19.0. The highest BCUT2D eigenvalue weighted by molar-refractivity contribution is 6.30. The zero-order chi connectivity index (χ0) is 20.7. The molecule has 0 atom stereocenters. The van der Waals surface area contributed by atoms with Crippen LogP contribution in [0.1, 0.15) is 75.7 Å². The third kappa shape index (κ3) is 3.92. The van der Waals surface area contributed by atoms with E-state index in [9.17, 15) is 0 Å². The standard InChI is InChI=1S/C24H30ClN5/c1-16-11-17(25)13-18(12-16)27-23-28-20-15-26-21(14-24(2)9-6-10-24)29-22(20)30(23)19-7-4-3-5-8-19/h11-13,15,19H,3-10,14H2,1-2H3,(H,27,28). The van der Waals surface area contributed by atoms with Crippen LogP contribution in [0.4, 0.5) is 11.6 Å². The molecule has 3 aromatic rings. The second-order valence-corrected chi connectivity index (χ2v) is 10.0. The lowest BCUT2D eigenvalue weighted by atomic mass is 9.68. The molecule has 0 radical (unpaired) electrons. The van der Waals surface area contributed by atoms with Crippen LogP contribution in [-0.2, 0) is 6.42 Å². The molecular formula is C24H30ClN5. The van der Waals surface area contributed by atoms with Crippen LogP contribution in [-0.4, -0.2) is 19.5 Å². The summed E-state index contributed by atoms with van der Waals surface area (Å²) in [4.78, 5) is 14.6. The van der Waals surface area contributed by atoms with Crippen molar-refractivity contribution < 1.29 is 0 Å². The SMILES string of the molecule is Cc1cc(Cl)cc(Nc2nc3cnc(CC4(C)CCC4)nc3n2C2CCCCC2)c1. The molecule has 0 bridgehead atoms. The molecule has 6 heteroatoms. The molecule has 5 rings (SSSR count). The van der Waals surface area contributed by atoms with Crippen molar-refractivity contribution in [1.82, 2.24) is 19.5 Å². The molecule has 0 aliphatic heterocycles. The van der Waals surface area contributed by atoms with Crippen molar-refractivity contribution in [3.8, 4) is 0 Å². The van der Waals surface area contributed by atoms with Crippen LogP contribution < -0.4 is 5.32 Å². The van der Waals surface area contributed by atoms with Gasteiger partial charge in [0.05, 0.1) is 6.20 Å². The number of anilines is 2. The molecule has 158 valence electrons. The summed E-state index contributed by atoms with van der Waals surface area (Å²) in [5, 5.41) is 4.26. The van der Waals surface area contributed by atoms with Gasteiger partial charge in [-0.2, -0.15) is 0 Å². The lowest BCUT2D eigenvalue weighted by Gasteiger charge is -2.37. The van der Waals surface area contributed by atoms with E-state index in [0.29, 0.717) is 11.5 Å². The molecule has 0 unspecified atom stereocenters. The van der Waals surface area contributed by atoms with E-state index in [1.807, 2.05) is 18.3 Å². The van der Waals surface area contributed by atoms with Crippen molar-refractivity contribution in [3.05, 3.63) is 40.8 Å². The van der Waals surface area contributed by atoms with Crippen molar-refractivity contribution in [2.45, 2.75) is 77.7 Å². The van der Waals surface area contributed by atoms with Crippen LogP contribution >= 0.6 is 11.6 Å². The fraction of sp³-hybridized carbons (Fsp3) is 0.542. The van der Waals surface area contributed by atoms with Gasteiger partial charge in [0.1, 0.15) is 11.3 Å². The van der Waals surface area contributed by atoms with Gasteiger partial charge in [-0.05, 0) is 61.8 Å². The molecule has 1 aromatic carbocycles.